The van der Waals surface area contributed by atoms with Gasteiger partial charge in [-0.05, 0) is 51.5 Å². The number of carbonyl (C=O) groups is 1. The van der Waals surface area contributed by atoms with E-state index in [0.717, 1.165) is 30.1 Å². The maximum Gasteiger partial charge on any atom is 0.328 e. The van der Waals surface area contributed by atoms with Gasteiger partial charge in [0, 0.05) is 6.08 Å². The van der Waals surface area contributed by atoms with Gasteiger partial charge in [-0.15, -0.1) is 0 Å². The van der Waals surface area contributed by atoms with Gasteiger partial charge >= 0.3 is 5.97 Å². The molecular formula is C17H28O4. The topological polar surface area (TPSA) is 77.8 Å². The molecule has 0 amide bonds. The van der Waals surface area contributed by atoms with E-state index in [-0.39, 0.29) is 12.0 Å². The molecule has 120 valence electrons. The molecular weight excluding hydrogens is 268 g/mol. The first-order valence-electron chi connectivity index (χ1n) is 7.34. The Kier molecular flexibility index (Phi) is 9.67. The van der Waals surface area contributed by atoms with Crippen molar-refractivity contribution in [2.45, 2.75) is 59.2 Å². The summed E-state index contributed by atoms with van der Waals surface area (Å²) >= 11 is 0. The van der Waals surface area contributed by atoms with Crippen LogP contribution in [0.4, 0.5) is 0 Å². The van der Waals surface area contributed by atoms with E-state index in [0.29, 0.717) is 6.42 Å². The fourth-order valence-corrected chi connectivity index (χ4v) is 1.71. The van der Waals surface area contributed by atoms with Crippen LogP contribution in [0.5, 0.6) is 0 Å². The summed E-state index contributed by atoms with van der Waals surface area (Å²) in [5.74, 6) is -0.735. The number of aliphatic carboxylic acids is 1. The third kappa shape index (κ3) is 10.0. The highest BCUT2D eigenvalue weighted by Gasteiger charge is 2.08. The van der Waals surface area contributed by atoms with E-state index in [1.54, 1.807) is 13.8 Å². The van der Waals surface area contributed by atoms with Crippen molar-refractivity contribution in [2.75, 3.05) is 0 Å². The lowest BCUT2D eigenvalue weighted by Gasteiger charge is -2.14. The summed E-state index contributed by atoms with van der Waals surface area (Å²) in [6.45, 7) is 7.48. The van der Waals surface area contributed by atoms with Crippen LogP contribution in [0, 0.1) is 5.92 Å². The van der Waals surface area contributed by atoms with E-state index in [1.165, 1.54) is 6.08 Å². The summed E-state index contributed by atoms with van der Waals surface area (Å²) in [7, 11) is 0. The summed E-state index contributed by atoms with van der Waals surface area (Å²) in [4.78, 5) is 10.4. The molecule has 0 saturated heterocycles. The highest BCUT2D eigenvalue weighted by Crippen LogP contribution is 2.14. The molecule has 0 aromatic carbocycles. The van der Waals surface area contributed by atoms with Gasteiger partial charge in [0.25, 0.3) is 0 Å². The van der Waals surface area contributed by atoms with Crippen molar-refractivity contribution in [2.24, 2.45) is 5.92 Å². The van der Waals surface area contributed by atoms with Crippen molar-refractivity contribution in [1.29, 1.82) is 0 Å². The first-order valence-corrected chi connectivity index (χ1v) is 7.34. The Bertz CT molecular complexity index is 405. The Morgan fingerprint density at radius 3 is 2.24 bits per heavy atom. The molecule has 4 heteroatoms. The van der Waals surface area contributed by atoms with Gasteiger partial charge in [0.1, 0.15) is 0 Å². The Morgan fingerprint density at radius 2 is 1.71 bits per heavy atom. The summed E-state index contributed by atoms with van der Waals surface area (Å²) in [6.07, 6.45) is 7.73. The number of aliphatic hydroxyl groups excluding tert-OH is 2. The van der Waals surface area contributed by atoms with Crippen LogP contribution >= 0.6 is 0 Å². The van der Waals surface area contributed by atoms with Crippen molar-refractivity contribution < 1.29 is 20.1 Å². The summed E-state index contributed by atoms with van der Waals surface area (Å²) < 4.78 is 0. The van der Waals surface area contributed by atoms with Crippen molar-refractivity contribution in [3.8, 4) is 0 Å². The molecule has 21 heavy (non-hydrogen) atoms. The fraction of sp³-hybridized carbons (Fsp3) is 0.588. The van der Waals surface area contributed by atoms with Crippen molar-refractivity contribution in [3.63, 3.8) is 0 Å². The zero-order chi connectivity index (χ0) is 16.4. The van der Waals surface area contributed by atoms with Gasteiger partial charge in [-0.25, -0.2) is 4.79 Å². The average Bonchev–Trinajstić information content (AvgIpc) is 2.41. The Balaban J connectivity index is 4.29. The standard InChI is InChI=1S/C17H28O4/c1-12(9-11-17(20)21)8-10-16(19)14(3)7-5-6-13(2)15(4)18/h7-9,11,13,15-16,18-19H,5-6,10H2,1-4H3,(H,20,21). The van der Waals surface area contributed by atoms with E-state index >= 15 is 0 Å². The van der Waals surface area contributed by atoms with E-state index in [2.05, 4.69) is 0 Å². The molecule has 0 aromatic heterocycles. The molecule has 0 bridgehead atoms. The summed E-state index contributed by atoms with van der Waals surface area (Å²) in [6, 6.07) is 0. The smallest absolute Gasteiger partial charge is 0.328 e. The van der Waals surface area contributed by atoms with Crippen LogP contribution in [0.1, 0.15) is 47.0 Å². The van der Waals surface area contributed by atoms with E-state index in [4.69, 9.17) is 5.11 Å². The van der Waals surface area contributed by atoms with Crippen LogP contribution < -0.4 is 0 Å². The number of aliphatic hydroxyl groups is 2. The third-order valence-corrected chi connectivity index (χ3v) is 3.59. The van der Waals surface area contributed by atoms with Gasteiger partial charge in [0.2, 0.25) is 0 Å². The average molecular weight is 296 g/mol. The molecule has 0 radical (unpaired) electrons. The van der Waals surface area contributed by atoms with Gasteiger partial charge in [-0.3, -0.25) is 0 Å². The van der Waals surface area contributed by atoms with Crippen molar-refractivity contribution in [1.82, 2.24) is 0 Å². The lowest BCUT2D eigenvalue weighted by atomic mass is 9.98. The normalized spacial score (nSPS) is 17.8. The van der Waals surface area contributed by atoms with Crippen molar-refractivity contribution in [3.05, 3.63) is 35.5 Å². The monoisotopic (exact) mass is 296 g/mol. The highest BCUT2D eigenvalue weighted by atomic mass is 16.4. The van der Waals surface area contributed by atoms with Crippen LogP contribution in [-0.4, -0.2) is 33.5 Å². The molecule has 0 spiro atoms. The summed E-state index contributed by atoms with van der Waals surface area (Å²) in [5.41, 5.74) is 1.71. The molecule has 0 saturated carbocycles. The Labute approximate surface area is 127 Å². The molecule has 0 fully saturated rings. The number of carboxylic acid groups (broad SMARTS) is 1. The number of rotatable bonds is 9. The minimum atomic E-state index is -0.980. The van der Waals surface area contributed by atoms with Gasteiger partial charge in [-0.1, -0.05) is 30.7 Å². The van der Waals surface area contributed by atoms with Crippen LogP contribution in [-0.2, 0) is 4.79 Å². The SMILES string of the molecule is CC(C=CC(=O)O)=CCC(O)C(C)=CCCC(C)C(C)O. The van der Waals surface area contributed by atoms with E-state index in [9.17, 15) is 15.0 Å². The second kappa shape index (κ2) is 10.4. The zero-order valence-electron chi connectivity index (χ0n) is 13.4. The van der Waals surface area contributed by atoms with Gasteiger partial charge in [0.15, 0.2) is 0 Å². The van der Waals surface area contributed by atoms with Gasteiger partial charge < -0.3 is 15.3 Å². The van der Waals surface area contributed by atoms with Gasteiger partial charge in [0.05, 0.1) is 12.2 Å². The number of carboxylic acids is 1. The maximum atomic E-state index is 10.4. The zero-order valence-corrected chi connectivity index (χ0v) is 13.4. The molecule has 0 rings (SSSR count). The fourth-order valence-electron chi connectivity index (χ4n) is 1.71. The molecule has 0 aliphatic heterocycles. The molecule has 0 aliphatic carbocycles. The van der Waals surface area contributed by atoms with Gasteiger partial charge in [-0.2, -0.15) is 0 Å². The second-order valence-corrected chi connectivity index (χ2v) is 5.61. The minimum absolute atomic E-state index is 0.245. The van der Waals surface area contributed by atoms with E-state index < -0.39 is 12.1 Å². The number of hydrogen-bond acceptors (Lipinski definition) is 3. The molecule has 0 aromatic rings. The minimum Gasteiger partial charge on any atom is -0.478 e. The lowest BCUT2D eigenvalue weighted by molar-refractivity contribution is -0.131. The second-order valence-electron chi connectivity index (χ2n) is 5.61. The summed E-state index contributed by atoms with van der Waals surface area (Å²) in [5, 5.41) is 27.9. The Morgan fingerprint density at radius 1 is 1.10 bits per heavy atom. The van der Waals surface area contributed by atoms with Crippen LogP contribution in [0.2, 0.25) is 0 Å². The quantitative estimate of drug-likeness (QED) is 0.347. The molecule has 3 atom stereocenters. The molecule has 0 heterocycles. The molecule has 3 N–H and O–H groups in total. The molecule has 0 aliphatic rings. The molecule has 4 nitrogen and oxygen atoms in total. The predicted molar refractivity (Wildman–Crippen MR) is 85.0 cm³/mol. The van der Waals surface area contributed by atoms with Crippen LogP contribution in [0.15, 0.2) is 35.5 Å². The third-order valence-electron chi connectivity index (χ3n) is 3.59. The van der Waals surface area contributed by atoms with Crippen LogP contribution in [0.25, 0.3) is 0 Å². The predicted octanol–water partition coefficient (Wildman–Crippen LogP) is 3.07. The Hall–Kier alpha value is -1.39. The maximum absolute atomic E-state index is 10.4. The number of allylic oxidation sites excluding steroid dienone is 3. The van der Waals surface area contributed by atoms with E-state index in [1.807, 2.05) is 26.0 Å². The highest BCUT2D eigenvalue weighted by molar-refractivity contribution is 5.80. The molecule has 3 unspecified atom stereocenters. The number of hydrogen-bond donors (Lipinski definition) is 3. The lowest BCUT2D eigenvalue weighted by Crippen LogP contribution is -2.12. The first kappa shape index (κ1) is 19.6. The van der Waals surface area contributed by atoms with Crippen LogP contribution in [0.3, 0.4) is 0 Å². The van der Waals surface area contributed by atoms with Crippen molar-refractivity contribution >= 4 is 5.97 Å². The largest absolute Gasteiger partial charge is 0.478 e. The first-order chi connectivity index (χ1) is 9.73.